The van der Waals surface area contributed by atoms with Crippen molar-refractivity contribution >= 4 is 46.3 Å². The number of amides is 1. The fourth-order valence-electron chi connectivity index (χ4n) is 3.01. The molecule has 0 saturated carbocycles. The lowest BCUT2D eigenvalue weighted by Crippen LogP contribution is -2.24. The van der Waals surface area contributed by atoms with E-state index in [0.717, 1.165) is 10.0 Å². The van der Waals surface area contributed by atoms with Gasteiger partial charge < -0.3 is 5.32 Å². The van der Waals surface area contributed by atoms with E-state index in [4.69, 9.17) is 0 Å². The zero-order chi connectivity index (χ0) is 19.8. The van der Waals surface area contributed by atoms with Crippen LogP contribution < -0.4 is 5.32 Å². The number of carbonyl (C=O) groups excluding carboxylic acids is 3. The molecule has 3 aromatic rings. The van der Waals surface area contributed by atoms with E-state index in [1.54, 1.807) is 49.4 Å². The summed E-state index contributed by atoms with van der Waals surface area (Å²) < 4.78 is 0.836. The lowest BCUT2D eigenvalue weighted by atomic mass is 9.84. The van der Waals surface area contributed by atoms with Gasteiger partial charge in [0.25, 0.3) is 0 Å². The van der Waals surface area contributed by atoms with E-state index < -0.39 is 0 Å². The third kappa shape index (κ3) is 3.39. The topological polar surface area (TPSA) is 76.1 Å². The summed E-state index contributed by atoms with van der Waals surface area (Å²) in [5, 5.41) is 4.43. The van der Waals surface area contributed by atoms with Crippen molar-refractivity contribution in [2.75, 3.05) is 5.32 Å². The van der Waals surface area contributed by atoms with Gasteiger partial charge in [-0.15, -0.1) is 11.3 Å². The minimum Gasteiger partial charge on any atom is -0.325 e. The molecule has 4 rings (SSSR count). The number of aryl methyl sites for hydroxylation is 1. The van der Waals surface area contributed by atoms with Gasteiger partial charge in [-0.25, -0.2) is 4.98 Å². The van der Waals surface area contributed by atoms with Crippen molar-refractivity contribution in [1.82, 2.24) is 4.98 Å². The largest absolute Gasteiger partial charge is 0.325 e. The van der Waals surface area contributed by atoms with Gasteiger partial charge in [0.1, 0.15) is 0 Å². The first-order valence-corrected chi connectivity index (χ1v) is 10.4. The van der Waals surface area contributed by atoms with Crippen LogP contribution in [-0.2, 0) is 4.79 Å². The third-order valence-electron chi connectivity index (χ3n) is 4.44. The second kappa shape index (κ2) is 7.33. The summed E-state index contributed by atoms with van der Waals surface area (Å²) in [6.07, 6.45) is 0. The number of nitrogens with one attached hydrogen (secondary N) is 1. The van der Waals surface area contributed by atoms with Crippen molar-refractivity contribution in [3.63, 3.8) is 0 Å². The molecule has 1 unspecified atom stereocenters. The Morgan fingerprint density at radius 1 is 1.04 bits per heavy atom. The number of aromatic nitrogens is 1. The minimum atomic E-state index is -0.348. The molecule has 1 aliphatic carbocycles. The number of rotatable bonds is 4. The second-order valence-corrected chi connectivity index (χ2v) is 8.91. The highest BCUT2D eigenvalue weighted by atomic mass is 32.2. The molecule has 1 atom stereocenters. The highest BCUT2D eigenvalue weighted by Gasteiger charge is 2.29. The number of benzene rings is 2. The molecular formula is C21H16N2O3S2. The van der Waals surface area contributed by atoms with Gasteiger partial charge in [0, 0.05) is 39.0 Å². The normalized spacial score (nSPS) is 13.6. The van der Waals surface area contributed by atoms with Gasteiger partial charge in [-0.05, 0) is 32.0 Å². The molecule has 28 heavy (non-hydrogen) atoms. The number of hydrogen-bond donors (Lipinski definition) is 1. The van der Waals surface area contributed by atoms with Gasteiger partial charge >= 0.3 is 0 Å². The molecule has 0 fully saturated rings. The Labute approximate surface area is 170 Å². The Kier molecular flexibility index (Phi) is 4.87. The summed E-state index contributed by atoms with van der Waals surface area (Å²) in [5.74, 6) is -0.569. The molecule has 0 aliphatic heterocycles. The highest BCUT2D eigenvalue weighted by Crippen LogP contribution is 2.30. The van der Waals surface area contributed by atoms with Crippen molar-refractivity contribution < 1.29 is 14.4 Å². The van der Waals surface area contributed by atoms with Crippen LogP contribution in [0.25, 0.3) is 0 Å². The lowest BCUT2D eigenvalue weighted by Gasteiger charge is -2.18. The van der Waals surface area contributed by atoms with Crippen LogP contribution in [0.1, 0.15) is 44.5 Å². The third-order valence-corrected chi connectivity index (χ3v) is 6.63. The first kappa shape index (κ1) is 18.6. The zero-order valence-corrected chi connectivity index (χ0v) is 16.8. The number of carbonyl (C=O) groups is 3. The predicted molar refractivity (Wildman–Crippen MR) is 111 cm³/mol. The molecule has 1 aromatic heterocycles. The standard InChI is InChI=1S/C21H16N2O3S2/c1-11-10-27-21(22-11)28-12(2)20(26)23-13-7-8-16-17(9-13)19(25)15-6-4-3-5-14(15)18(16)24/h3-10,12H,1-2H3,(H,23,26). The van der Waals surface area contributed by atoms with Crippen molar-refractivity contribution in [2.24, 2.45) is 0 Å². The Morgan fingerprint density at radius 3 is 2.32 bits per heavy atom. The SMILES string of the molecule is Cc1csc(SC(C)C(=O)Nc2ccc3c(c2)C(=O)c2ccccc2C3=O)n1. The van der Waals surface area contributed by atoms with Crippen LogP contribution in [0.4, 0.5) is 5.69 Å². The molecule has 7 heteroatoms. The molecule has 1 aliphatic rings. The Morgan fingerprint density at radius 2 is 1.68 bits per heavy atom. The van der Waals surface area contributed by atoms with Crippen LogP contribution in [0.2, 0.25) is 0 Å². The molecule has 1 N–H and O–H groups in total. The summed E-state index contributed by atoms with van der Waals surface area (Å²) in [7, 11) is 0. The molecule has 1 amide bonds. The van der Waals surface area contributed by atoms with Crippen molar-refractivity contribution in [3.05, 3.63) is 75.8 Å². The maximum absolute atomic E-state index is 12.8. The number of hydrogen-bond acceptors (Lipinski definition) is 6. The van der Waals surface area contributed by atoms with E-state index in [0.29, 0.717) is 27.9 Å². The summed E-state index contributed by atoms with van der Waals surface area (Å²) in [6, 6.07) is 11.6. The number of nitrogens with zero attached hydrogens (tertiary/aromatic N) is 1. The summed E-state index contributed by atoms with van der Waals surface area (Å²) >= 11 is 2.89. The summed E-state index contributed by atoms with van der Waals surface area (Å²) in [5.41, 5.74) is 2.91. The number of ketones is 2. The van der Waals surface area contributed by atoms with E-state index >= 15 is 0 Å². The molecule has 0 spiro atoms. The average Bonchev–Trinajstić information content (AvgIpc) is 3.10. The number of thiazole rings is 1. The van der Waals surface area contributed by atoms with Crippen molar-refractivity contribution in [2.45, 2.75) is 23.4 Å². The van der Waals surface area contributed by atoms with Gasteiger partial charge in [-0.2, -0.15) is 0 Å². The van der Waals surface area contributed by atoms with E-state index in [-0.39, 0.29) is 22.7 Å². The van der Waals surface area contributed by atoms with Crippen LogP contribution in [0.5, 0.6) is 0 Å². The maximum atomic E-state index is 12.8. The quantitative estimate of drug-likeness (QED) is 0.508. The molecular weight excluding hydrogens is 392 g/mol. The van der Waals surface area contributed by atoms with Crippen molar-refractivity contribution in [1.29, 1.82) is 0 Å². The minimum absolute atomic E-state index is 0.175. The molecule has 1 heterocycles. The summed E-state index contributed by atoms with van der Waals surface area (Å²) in [6.45, 7) is 3.72. The van der Waals surface area contributed by atoms with E-state index in [2.05, 4.69) is 10.3 Å². The average molecular weight is 409 g/mol. The van der Waals surface area contributed by atoms with Gasteiger partial charge in [-0.3, -0.25) is 14.4 Å². The maximum Gasteiger partial charge on any atom is 0.237 e. The predicted octanol–water partition coefficient (Wildman–Crippen LogP) is 4.35. The molecule has 2 aromatic carbocycles. The van der Waals surface area contributed by atoms with Crippen LogP contribution >= 0.6 is 23.1 Å². The van der Waals surface area contributed by atoms with Gasteiger partial charge in [0.05, 0.1) is 5.25 Å². The Balaban J connectivity index is 1.55. The van der Waals surface area contributed by atoms with Crippen LogP contribution in [0.3, 0.4) is 0 Å². The smallest absolute Gasteiger partial charge is 0.237 e. The van der Waals surface area contributed by atoms with Gasteiger partial charge in [-0.1, -0.05) is 36.0 Å². The first-order valence-electron chi connectivity index (χ1n) is 8.66. The molecule has 140 valence electrons. The fraction of sp³-hybridized carbons (Fsp3) is 0.143. The van der Waals surface area contributed by atoms with E-state index in [1.165, 1.54) is 23.1 Å². The number of anilines is 1. The van der Waals surface area contributed by atoms with Crippen LogP contribution in [-0.4, -0.2) is 27.7 Å². The highest BCUT2D eigenvalue weighted by molar-refractivity contribution is 8.02. The molecule has 0 bridgehead atoms. The number of fused-ring (bicyclic) bond motifs is 2. The van der Waals surface area contributed by atoms with Crippen molar-refractivity contribution in [3.8, 4) is 0 Å². The second-order valence-electron chi connectivity index (χ2n) is 6.47. The monoisotopic (exact) mass is 408 g/mol. The molecule has 0 radical (unpaired) electrons. The first-order chi connectivity index (χ1) is 13.4. The van der Waals surface area contributed by atoms with E-state index in [1.807, 2.05) is 12.3 Å². The molecule has 5 nitrogen and oxygen atoms in total. The molecule has 0 saturated heterocycles. The van der Waals surface area contributed by atoms with Gasteiger partial charge in [0.15, 0.2) is 15.9 Å². The number of thioether (sulfide) groups is 1. The van der Waals surface area contributed by atoms with E-state index in [9.17, 15) is 14.4 Å². The van der Waals surface area contributed by atoms with Crippen LogP contribution in [0, 0.1) is 6.92 Å². The summed E-state index contributed by atoms with van der Waals surface area (Å²) in [4.78, 5) is 42.3. The Hall–Kier alpha value is -2.77. The lowest BCUT2D eigenvalue weighted by molar-refractivity contribution is -0.115. The van der Waals surface area contributed by atoms with Crippen LogP contribution in [0.15, 0.2) is 52.2 Å². The zero-order valence-electron chi connectivity index (χ0n) is 15.2. The van der Waals surface area contributed by atoms with Gasteiger partial charge in [0.2, 0.25) is 5.91 Å². The Bertz CT molecular complexity index is 1120. The fourth-order valence-corrected chi connectivity index (χ4v) is 5.00.